The molecule has 0 heterocycles. The second-order valence-corrected chi connectivity index (χ2v) is 6.11. The largest absolute Gasteiger partial charge is 0.497 e. The van der Waals surface area contributed by atoms with Crippen molar-refractivity contribution in [1.29, 1.82) is 0 Å². The average molecular weight is 316 g/mol. The molecule has 0 bridgehead atoms. The number of hydrogen-bond acceptors (Lipinski definition) is 2. The minimum absolute atomic E-state index is 0.0391. The Kier molecular flexibility index (Phi) is 6.98. The molecular formula is C19H28N2O2. The zero-order valence-corrected chi connectivity index (χ0v) is 14.3. The van der Waals surface area contributed by atoms with Crippen molar-refractivity contribution in [1.82, 2.24) is 10.2 Å². The summed E-state index contributed by atoms with van der Waals surface area (Å²) in [4.78, 5) is 14.4. The Morgan fingerprint density at radius 2 is 2.09 bits per heavy atom. The molecule has 1 atom stereocenters. The van der Waals surface area contributed by atoms with Gasteiger partial charge >= 0.3 is 6.03 Å². The molecule has 4 heteroatoms. The summed E-state index contributed by atoms with van der Waals surface area (Å²) >= 11 is 0. The third-order valence-electron chi connectivity index (χ3n) is 4.20. The first-order valence-electron chi connectivity index (χ1n) is 8.53. The second kappa shape index (κ2) is 9.23. The molecule has 23 heavy (non-hydrogen) atoms. The van der Waals surface area contributed by atoms with Crippen LogP contribution in [0.15, 0.2) is 36.4 Å². The molecule has 0 fully saturated rings. The van der Waals surface area contributed by atoms with Crippen LogP contribution in [0, 0.1) is 5.92 Å². The van der Waals surface area contributed by atoms with Crippen molar-refractivity contribution < 1.29 is 9.53 Å². The van der Waals surface area contributed by atoms with Crippen molar-refractivity contribution in [2.75, 3.05) is 20.2 Å². The van der Waals surface area contributed by atoms with Gasteiger partial charge in [0, 0.05) is 19.6 Å². The highest BCUT2D eigenvalue weighted by Crippen LogP contribution is 2.21. The van der Waals surface area contributed by atoms with Crippen molar-refractivity contribution in [2.45, 2.75) is 39.2 Å². The molecule has 1 aliphatic carbocycles. The Balaban J connectivity index is 2.01. The Labute approximate surface area is 139 Å². The van der Waals surface area contributed by atoms with E-state index in [0.717, 1.165) is 50.1 Å². The lowest BCUT2D eigenvalue weighted by Crippen LogP contribution is -2.42. The maximum atomic E-state index is 12.5. The van der Waals surface area contributed by atoms with Crippen molar-refractivity contribution in [3.05, 3.63) is 42.0 Å². The predicted molar refractivity (Wildman–Crippen MR) is 93.6 cm³/mol. The maximum absolute atomic E-state index is 12.5. The number of benzene rings is 1. The van der Waals surface area contributed by atoms with Crippen molar-refractivity contribution in [2.24, 2.45) is 5.92 Å². The summed E-state index contributed by atoms with van der Waals surface area (Å²) in [6.45, 7) is 4.24. The van der Waals surface area contributed by atoms with E-state index in [1.165, 1.54) is 0 Å². The number of amides is 2. The van der Waals surface area contributed by atoms with Gasteiger partial charge in [-0.05, 0) is 49.3 Å². The van der Waals surface area contributed by atoms with E-state index >= 15 is 0 Å². The number of ether oxygens (including phenoxy) is 1. The van der Waals surface area contributed by atoms with Crippen molar-refractivity contribution >= 4 is 6.03 Å². The van der Waals surface area contributed by atoms with Gasteiger partial charge in [-0.1, -0.05) is 31.2 Å². The van der Waals surface area contributed by atoms with Crippen molar-refractivity contribution in [3.8, 4) is 5.75 Å². The van der Waals surface area contributed by atoms with E-state index in [1.807, 2.05) is 29.2 Å². The molecule has 0 aliphatic heterocycles. The Hall–Kier alpha value is -1.97. The van der Waals surface area contributed by atoms with E-state index in [2.05, 4.69) is 24.4 Å². The van der Waals surface area contributed by atoms with Crippen LogP contribution < -0.4 is 10.1 Å². The van der Waals surface area contributed by atoms with Crippen LogP contribution in [0.4, 0.5) is 4.79 Å². The van der Waals surface area contributed by atoms with E-state index in [0.29, 0.717) is 12.5 Å². The standard InChI is InChI=1S/C19H28N2O2/c1-3-13-20-19(22)21(14-16-7-5-4-6-8-16)15-17-9-11-18(23-2)12-10-17/h4-5,9-12,16H,3,6-8,13-15H2,1-2H3,(H,20,22). The van der Waals surface area contributed by atoms with E-state index in [1.54, 1.807) is 7.11 Å². The molecule has 1 aromatic carbocycles. The number of rotatable bonds is 7. The number of allylic oxidation sites excluding steroid dienone is 2. The molecule has 0 saturated heterocycles. The first-order valence-corrected chi connectivity index (χ1v) is 8.53. The van der Waals surface area contributed by atoms with Crippen LogP contribution >= 0.6 is 0 Å². The van der Waals surface area contributed by atoms with Gasteiger partial charge in [0.1, 0.15) is 5.75 Å². The topological polar surface area (TPSA) is 41.6 Å². The quantitative estimate of drug-likeness (QED) is 0.773. The fourth-order valence-electron chi connectivity index (χ4n) is 2.85. The molecule has 1 N–H and O–H groups in total. The van der Waals surface area contributed by atoms with Gasteiger partial charge in [-0.25, -0.2) is 4.79 Å². The fraction of sp³-hybridized carbons (Fsp3) is 0.526. The summed E-state index contributed by atoms with van der Waals surface area (Å²) in [6.07, 6.45) is 8.79. The van der Waals surface area contributed by atoms with Crippen LogP contribution in [0.1, 0.15) is 38.2 Å². The molecule has 0 spiro atoms. The van der Waals surface area contributed by atoms with Crippen LogP contribution in [0.25, 0.3) is 0 Å². The van der Waals surface area contributed by atoms with Crippen LogP contribution in [0.2, 0.25) is 0 Å². The van der Waals surface area contributed by atoms with E-state index in [4.69, 9.17) is 4.74 Å². The maximum Gasteiger partial charge on any atom is 0.317 e. The van der Waals surface area contributed by atoms with Gasteiger partial charge in [0.15, 0.2) is 0 Å². The average Bonchev–Trinajstić information content (AvgIpc) is 2.60. The molecule has 1 unspecified atom stereocenters. The first-order chi connectivity index (χ1) is 11.2. The van der Waals surface area contributed by atoms with Crippen LogP contribution in [0.3, 0.4) is 0 Å². The third kappa shape index (κ3) is 5.62. The number of nitrogens with zero attached hydrogens (tertiary/aromatic N) is 1. The number of methoxy groups -OCH3 is 1. The fourth-order valence-corrected chi connectivity index (χ4v) is 2.85. The minimum Gasteiger partial charge on any atom is -0.497 e. The lowest BCUT2D eigenvalue weighted by Gasteiger charge is -2.28. The van der Waals surface area contributed by atoms with Crippen LogP contribution in [0.5, 0.6) is 5.75 Å². The molecule has 126 valence electrons. The molecule has 1 aromatic rings. The van der Waals surface area contributed by atoms with E-state index in [-0.39, 0.29) is 6.03 Å². The number of urea groups is 1. The molecule has 4 nitrogen and oxygen atoms in total. The van der Waals surface area contributed by atoms with Crippen LogP contribution in [-0.2, 0) is 6.54 Å². The molecule has 0 saturated carbocycles. The molecule has 0 radical (unpaired) electrons. The van der Waals surface area contributed by atoms with E-state index in [9.17, 15) is 4.79 Å². The Bertz CT molecular complexity index is 511. The van der Waals surface area contributed by atoms with Gasteiger partial charge in [0.2, 0.25) is 0 Å². The summed E-state index contributed by atoms with van der Waals surface area (Å²) in [5, 5.41) is 3.01. The lowest BCUT2D eigenvalue weighted by molar-refractivity contribution is 0.182. The molecular weight excluding hydrogens is 288 g/mol. The van der Waals surface area contributed by atoms with Gasteiger partial charge in [-0.15, -0.1) is 0 Å². The highest BCUT2D eigenvalue weighted by molar-refractivity contribution is 5.74. The predicted octanol–water partition coefficient (Wildman–Crippen LogP) is 3.97. The van der Waals surface area contributed by atoms with Gasteiger partial charge < -0.3 is 15.0 Å². The second-order valence-electron chi connectivity index (χ2n) is 6.11. The molecule has 2 rings (SSSR count). The highest BCUT2D eigenvalue weighted by atomic mass is 16.5. The number of nitrogens with one attached hydrogen (secondary N) is 1. The zero-order valence-electron chi connectivity index (χ0n) is 14.3. The summed E-state index contributed by atoms with van der Waals surface area (Å²) in [6, 6.07) is 7.98. The molecule has 1 aliphatic rings. The summed E-state index contributed by atoms with van der Waals surface area (Å²) in [7, 11) is 1.66. The number of hydrogen-bond donors (Lipinski definition) is 1. The van der Waals surface area contributed by atoms with Gasteiger partial charge in [-0.2, -0.15) is 0 Å². The smallest absolute Gasteiger partial charge is 0.317 e. The highest BCUT2D eigenvalue weighted by Gasteiger charge is 2.19. The summed E-state index contributed by atoms with van der Waals surface area (Å²) in [5.74, 6) is 1.40. The monoisotopic (exact) mass is 316 g/mol. The number of carbonyl (C=O) groups is 1. The lowest BCUT2D eigenvalue weighted by atomic mass is 9.94. The van der Waals surface area contributed by atoms with Gasteiger partial charge in [0.25, 0.3) is 0 Å². The Morgan fingerprint density at radius 3 is 2.70 bits per heavy atom. The van der Waals surface area contributed by atoms with Crippen LogP contribution in [-0.4, -0.2) is 31.1 Å². The minimum atomic E-state index is 0.0391. The first kappa shape index (κ1) is 17.4. The van der Waals surface area contributed by atoms with Gasteiger partial charge in [0.05, 0.1) is 7.11 Å². The molecule has 0 aromatic heterocycles. The third-order valence-corrected chi connectivity index (χ3v) is 4.20. The number of carbonyl (C=O) groups excluding carboxylic acids is 1. The van der Waals surface area contributed by atoms with E-state index < -0.39 is 0 Å². The zero-order chi connectivity index (χ0) is 16.5. The van der Waals surface area contributed by atoms with Crippen molar-refractivity contribution in [3.63, 3.8) is 0 Å². The molecule has 2 amide bonds. The Morgan fingerprint density at radius 1 is 1.30 bits per heavy atom. The normalized spacial score (nSPS) is 16.9. The summed E-state index contributed by atoms with van der Waals surface area (Å²) in [5.41, 5.74) is 1.13. The summed E-state index contributed by atoms with van der Waals surface area (Å²) < 4.78 is 5.20. The SMILES string of the molecule is CCCNC(=O)N(Cc1ccc(OC)cc1)CC1CC=CCC1. The van der Waals surface area contributed by atoms with Gasteiger partial charge in [-0.3, -0.25) is 0 Å².